The predicted molar refractivity (Wildman–Crippen MR) is 160 cm³/mol. The van der Waals surface area contributed by atoms with E-state index >= 15 is 0 Å². The fraction of sp³-hybridized carbons (Fsp3) is 0.161. The van der Waals surface area contributed by atoms with Crippen LogP contribution in [0.1, 0.15) is 47.4 Å². The van der Waals surface area contributed by atoms with Crippen LogP contribution < -0.4 is 16.4 Å². The Bertz CT molecular complexity index is 1630. The summed E-state index contributed by atoms with van der Waals surface area (Å²) in [5.41, 5.74) is 10.1. The quantitative estimate of drug-likeness (QED) is 0.163. The number of fused-ring (bicyclic) bond motifs is 1. The van der Waals surface area contributed by atoms with Crippen LogP contribution in [0, 0.1) is 0 Å². The monoisotopic (exact) mass is 550 g/mol. The Balaban J connectivity index is 1.50. The highest BCUT2D eigenvalue weighted by Crippen LogP contribution is 2.37. The Kier molecular flexibility index (Phi) is 8.23. The van der Waals surface area contributed by atoms with Gasteiger partial charge in [-0.05, 0) is 66.1 Å². The molecule has 1 amide bonds. The second-order valence-electron chi connectivity index (χ2n) is 9.61. The Labute approximate surface area is 237 Å². The topological polar surface area (TPSA) is 126 Å². The van der Waals surface area contributed by atoms with E-state index in [0.29, 0.717) is 28.4 Å². The first kappa shape index (κ1) is 27.1. The lowest BCUT2D eigenvalue weighted by Gasteiger charge is -2.18. The molecule has 0 aliphatic rings. The van der Waals surface area contributed by atoms with Crippen molar-refractivity contribution in [3.63, 3.8) is 0 Å². The Hall–Kier alpha value is -4.47. The summed E-state index contributed by atoms with van der Waals surface area (Å²) in [5, 5.41) is 17.1. The zero-order valence-corrected chi connectivity index (χ0v) is 23.0. The second-order valence-corrected chi connectivity index (χ2v) is 10.7. The van der Waals surface area contributed by atoms with E-state index in [0.717, 1.165) is 26.4 Å². The largest absolute Gasteiger partial charge is 0.399 e. The molecule has 3 aromatic carbocycles. The first-order valence-corrected chi connectivity index (χ1v) is 13.8. The molecule has 0 aliphatic heterocycles. The summed E-state index contributed by atoms with van der Waals surface area (Å²) in [6.07, 6.45) is 1.48. The molecule has 0 saturated heterocycles. The van der Waals surface area contributed by atoms with Crippen LogP contribution in [0.15, 0.2) is 101 Å². The molecule has 5 aromatic rings. The fourth-order valence-electron chi connectivity index (χ4n) is 4.19. The first-order valence-electron chi connectivity index (χ1n) is 12.9. The lowest BCUT2D eigenvalue weighted by Crippen LogP contribution is -2.30. The van der Waals surface area contributed by atoms with Crippen molar-refractivity contribution in [3.8, 4) is 0 Å². The van der Waals surface area contributed by atoms with Crippen molar-refractivity contribution >= 4 is 45.9 Å². The Morgan fingerprint density at radius 1 is 0.975 bits per heavy atom. The number of nitrogens with two attached hydrogens (primary N) is 1. The van der Waals surface area contributed by atoms with Gasteiger partial charge in [0.1, 0.15) is 12.1 Å². The number of anilines is 3. The smallest absolute Gasteiger partial charge is 0.251 e. The van der Waals surface area contributed by atoms with Crippen molar-refractivity contribution in [3.05, 3.63) is 108 Å². The number of rotatable bonds is 9. The maximum absolute atomic E-state index is 13.3. The van der Waals surface area contributed by atoms with E-state index in [1.807, 2.05) is 72.8 Å². The number of nitrogens with one attached hydrogen (secondary N) is 2. The number of benzene rings is 3. The van der Waals surface area contributed by atoms with Crippen LogP contribution in [-0.4, -0.2) is 32.6 Å². The van der Waals surface area contributed by atoms with Crippen molar-refractivity contribution in [2.45, 2.75) is 35.6 Å². The zero-order chi connectivity index (χ0) is 28.1. The molecular formula is C31H30N6O2S. The highest BCUT2D eigenvalue weighted by atomic mass is 32.2. The molecule has 202 valence electrons. The van der Waals surface area contributed by atoms with Crippen LogP contribution in [-0.2, 0) is 0 Å². The minimum absolute atomic E-state index is 0.218. The van der Waals surface area contributed by atoms with Crippen LogP contribution in [0.25, 0.3) is 11.0 Å². The molecule has 2 aromatic heterocycles. The molecule has 5 rings (SSSR count). The maximum Gasteiger partial charge on any atom is 0.251 e. The van der Waals surface area contributed by atoms with E-state index < -0.39 is 6.04 Å². The summed E-state index contributed by atoms with van der Waals surface area (Å²) >= 11 is 1.54. The van der Waals surface area contributed by atoms with Gasteiger partial charge >= 0.3 is 0 Å². The highest BCUT2D eigenvalue weighted by molar-refractivity contribution is 7.99. The van der Waals surface area contributed by atoms with E-state index in [2.05, 4.69) is 34.4 Å². The van der Waals surface area contributed by atoms with Crippen molar-refractivity contribution < 1.29 is 9.90 Å². The third-order valence-electron chi connectivity index (χ3n) is 6.40. The van der Waals surface area contributed by atoms with Gasteiger partial charge in [0.25, 0.3) is 5.91 Å². The van der Waals surface area contributed by atoms with Gasteiger partial charge in [0.2, 0.25) is 0 Å². The number of amides is 1. The summed E-state index contributed by atoms with van der Waals surface area (Å²) in [6.45, 7) is 3.96. The first-order chi connectivity index (χ1) is 19.4. The van der Waals surface area contributed by atoms with E-state index in [9.17, 15) is 9.90 Å². The summed E-state index contributed by atoms with van der Waals surface area (Å²) in [5.74, 6) is 0.556. The number of hydrogen-bond acceptors (Lipinski definition) is 8. The SMILES string of the molecule is CC(C)c1ccc2c(Nc3cc(C(=O)N[C@@H](CO)c4ccccc4)ccc3Sc3ccc(N)cc3)ncnc2n1. The Morgan fingerprint density at radius 3 is 2.48 bits per heavy atom. The number of nitrogens with zero attached hydrogens (tertiary/aromatic N) is 3. The van der Waals surface area contributed by atoms with E-state index in [1.54, 1.807) is 23.9 Å². The number of aromatic nitrogens is 3. The molecule has 0 radical (unpaired) electrons. The lowest BCUT2D eigenvalue weighted by molar-refractivity contribution is 0.0916. The van der Waals surface area contributed by atoms with Gasteiger partial charge in [-0.15, -0.1) is 0 Å². The summed E-state index contributed by atoms with van der Waals surface area (Å²) in [6, 6.07) is 25.9. The Morgan fingerprint density at radius 2 is 1.75 bits per heavy atom. The number of aliphatic hydroxyl groups excluding tert-OH is 1. The van der Waals surface area contributed by atoms with Gasteiger partial charge in [0.15, 0.2) is 5.65 Å². The molecule has 0 bridgehead atoms. The number of aliphatic hydroxyl groups is 1. The van der Waals surface area contributed by atoms with Crippen LogP contribution >= 0.6 is 11.8 Å². The molecular weight excluding hydrogens is 520 g/mol. The maximum atomic E-state index is 13.3. The molecule has 5 N–H and O–H groups in total. The summed E-state index contributed by atoms with van der Waals surface area (Å²) < 4.78 is 0. The normalized spacial score (nSPS) is 11.9. The molecule has 0 aliphatic carbocycles. The minimum Gasteiger partial charge on any atom is -0.399 e. The zero-order valence-electron chi connectivity index (χ0n) is 22.2. The van der Waals surface area contributed by atoms with Crippen molar-refractivity contribution in [1.82, 2.24) is 20.3 Å². The van der Waals surface area contributed by atoms with Crippen molar-refractivity contribution in [2.75, 3.05) is 17.7 Å². The van der Waals surface area contributed by atoms with E-state index in [1.165, 1.54) is 6.33 Å². The van der Waals surface area contributed by atoms with Crippen LogP contribution in [0.3, 0.4) is 0 Å². The summed E-state index contributed by atoms with van der Waals surface area (Å²) in [4.78, 5) is 28.8. The number of nitrogen functional groups attached to an aromatic ring is 1. The van der Waals surface area contributed by atoms with Crippen molar-refractivity contribution in [1.29, 1.82) is 0 Å². The van der Waals surface area contributed by atoms with Gasteiger partial charge < -0.3 is 21.5 Å². The van der Waals surface area contributed by atoms with Gasteiger partial charge in [-0.3, -0.25) is 4.79 Å². The number of carbonyl (C=O) groups excluding carboxylic acids is 1. The third kappa shape index (κ3) is 6.22. The van der Waals surface area contributed by atoms with Gasteiger partial charge in [0, 0.05) is 26.7 Å². The van der Waals surface area contributed by atoms with Crippen molar-refractivity contribution in [2.24, 2.45) is 0 Å². The average Bonchev–Trinajstić information content (AvgIpc) is 2.98. The van der Waals surface area contributed by atoms with Gasteiger partial charge in [0.05, 0.1) is 23.7 Å². The number of pyridine rings is 1. The standard InChI is InChI=1S/C31H30N6O2S/c1-19(2)25-14-13-24-29(35-25)33-18-34-30(24)36-26-16-21(8-15-28(26)40-23-11-9-22(32)10-12-23)31(39)37-27(17-38)20-6-4-3-5-7-20/h3-16,18-19,27,38H,17,32H2,1-2H3,(H,37,39)(H,33,34,35,36)/t27-/m0/s1. The van der Waals surface area contributed by atoms with Gasteiger partial charge in [-0.25, -0.2) is 15.0 Å². The lowest BCUT2D eigenvalue weighted by atomic mass is 10.1. The molecule has 0 saturated carbocycles. The molecule has 0 unspecified atom stereocenters. The number of carbonyl (C=O) groups is 1. The predicted octanol–water partition coefficient (Wildman–Crippen LogP) is 6.09. The second kappa shape index (κ2) is 12.1. The van der Waals surface area contributed by atoms with Crippen LogP contribution in [0.5, 0.6) is 0 Å². The fourth-order valence-corrected chi connectivity index (χ4v) is 5.07. The van der Waals surface area contributed by atoms with E-state index in [-0.39, 0.29) is 18.4 Å². The minimum atomic E-state index is -0.527. The van der Waals surface area contributed by atoms with Crippen LogP contribution in [0.4, 0.5) is 17.2 Å². The highest BCUT2D eigenvalue weighted by Gasteiger charge is 2.18. The number of hydrogen-bond donors (Lipinski definition) is 4. The van der Waals surface area contributed by atoms with Gasteiger partial charge in [-0.1, -0.05) is 55.9 Å². The van der Waals surface area contributed by atoms with Gasteiger partial charge in [-0.2, -0.15) is 0 Å². The molecule has 40 heavy (non-hydrogen) atoms. The van der Waals surface area contributed by atoms with Crippen LogP contribution in [0.2, 0.25) is 0 Å². The molecule has 0 spiro atoms. The molecule has 8 nitrogen and oxygen atoms in total. The average molecular weight is 551 g/mol. The third-order valence-corrected chi connectivity index (χ3v) is 7.49. The van der Waals surface area contributed by atoms with E-state index in [4.69, 9.17) is 10.7 Å². The summed E-state index contributed by atoms with van der Waals surface area (Å²) in [7, 11) is 0. The molecule has 2 heterocycles. The molecule has 9 heteroatoms. The molecule has 1 atom stereocenters. The molecule has 0 fully saturated rings.